The largest absolute Gasteiger partial charge is 0.458 e. The van der Waals surface area contributed by atoms with Gasteiger partial charge in [-0.25, -0.2) is 9.36 Å². The van der Waals surface area contributed by atoms with Gasteiger partial charge in [-0.1, -0.05) is 6.07 Å². The molecule has 7 rings (SSSR count). The van der Waals surface area contributed by atoms with Crippen molar-refractivity contribution < 1.29 is 9.47 Å². The van der Waals surface area contributed by atoms with Crippen LogP contribution >= 0.6 is 0 Å². The Morgan fingerprint density at radius 2 is 1.16 bits per heavy atom. The van der Waals surface area contributed by atoms with E-state index in [1.54, 1.807) is 12.4 Å². The van der Waals surface area contributed by atoms with Crippen LogP contribution in [-0.2, 0) is 0 Å². The summed E-state index contributed by atoms with van der Waals surface area (Å²) in [6.45, 7) is -0.00951. The fourth-order valence-electron chi connectivity index (χ4n) is 4.54. The van der Waals surface area contributed by atoms with E-state index in [9.17, 15) is 0 Å². The third-order valence-electron chi connectivity index (χ3n) is 5.90. The van der Waals surface area contributed by atoms with Gasteiger partial charge in [-0.2, -0.15) is 10.2 Å². The third-order valence-corrected chi connectivity index (χ3v) is 5.90. The van der Waals surface area contributed by atoms with E-state index in [1.165, 1.54) is 0 Å². The summed E-state index contributed by atoms with van der Waals surface area (Å²) in [7, 11) is 0. The van der Waals surface area contributed by atoms with Gasteiger partial charge >= 0.3 is 0 Å². The van der Waals surface area contributed by atoms with Crippen LogP contribution in [0.5, 0.6) is 23.0 Å². The lowest BCUT2D eigenvalue weighted by atomic mass is 9.35. The highest BCUT2D eigenvalue weighted by atomic mass is 16.5. The first-order chi connectivity index (χ1) is 15.3. The van der Waals surface area contributed by atoms with E-state index in [1.807, 2.05) is 76.4 Å². The minimum absolute atomic E-state index is 0.00951. The Bertz CT molecular complexity index is 1340. The lowest BCUT2D eigenvalue weighted by Crippen LogP contribution is -2.57. The fraction of sp³-hybridized carbons (Fsp3) is 0. The summed E-state index contributed by atoms with van der Waals surface area (Å²) in [5, 5.41) is 8.79. The fourth-order valence-corrected chi connectivity index (χ4v) is 4.54. The second kappa shape index (κ2) is 6.12. The molecule has 2 aromatic heterocycles. The predicted molar refractivity (Wildman–Crippen MR) is 118 cm³/mol. The molecule has 0 saturated carbocycles. The van der Waals surface area contributed by atoms with Crippen LogP contribution in [0.25, 0.3) is 11.4 Å². The minimum Gasteiger partial charge on any atom is -0.458 e. The van der Waals surface area contributed by atoms with Crippen LogP contribution < -0.4 is 25.9 Å². The van der Waals surface area contributed by atoms with E-state index >= 15 is 0 Å². The third kappa shape index (κ3) is 2.40. The average Bonchev–Trinajstić information content (AvgIpc) is 3.53. The van der Waals surface area contributed by atoms with Crippen LogP contribution in [0, 0.1) is 0 Å². The first-order valence-corrected chi connectivity index (χ1v) is 10.1. The molecule has 5 aromatic rings. The molecule has 0 N–H and O–H groups in total. The summed E-state index contributed by atoms with van der Waals surface area (Å²) in [6.07, 6.45) is 7.45. The highest BCUT2D eigenvalue weighted by Crippen LogP contribution is 2.34. The number of hydrogen-bond acceptors (Lipinski definition) is 4. The van der Waals surface area contributed by atoms with Crippen molar-refractivity contribution in [1.82, 2.24) is 19.6 Å². The van der Waals surface area contributed by atoms with Crippen LogP contribution in [0.15, 0.2) is 91.5 Å². The zero-order valence-corrected chi connectivity index (χ0v) is 16.3. The number of ether oxygens (including phenoxy) is 2. The summed E-state index contributed by atoms with van der Waals surface area (Å²) in [4.78, 5) is 0. The standard InChI is InChI=1S/C24H15BN4O2/c1-4-22-24-23(5-1)31-21-9-7-17(29-13-3-11-27-29)15-19(21)25(24)18-14-16(6-8-20(18)30-22)28-12-2-10-26-28/h1-15H. The van der Waals surface area contributed by atoms with E-state index in [4.69, 9.17) is 9.47 Å². The van der Waals surface area contributed by atoms with E-state index < -0.39 is 0 Å². The smallest absolute Gasteiger partial charge is 0.260 e. The second-order valence-electron chi connectivity index (χ2n) is 7.65. The molecule has 0 bridgehead atoms. The average molecular weight is 402 g/mol. The van der Waals surface area contributed by atoms with E-state index in [0.717, 1.165) is 50.8 Å². The van der Waals surface area contributed by atoms with Crippen molar-refractivity contribution in [2.45, 2.75) is 0 Å². The number of aromatic nitrogens is 4. The maximum atomic E-state index is 6.29. The molecular formula is C24H15BN4O2. The Balaban J connectivity index is 1.48. The van der Waals surface area contributed by atoms with Gasteiger partial charge in [-0.05, 0) is 71.6 Å². The first-order valence-electron chi connectivity index (χ1n) is 10.1. The normalized spacial score (nSPS) is 13.0. The Kier molecular flexibility index (Phi) is 3.26. The highest BCUT2D eigenvalue weighted by molar-refractivity contribution is 6.98. The zero-order chi connectivity index (χ0) is 20.4. The van der Waals surface area contributed by atoms with Gasteiger partial charge in [0.25, 0.3) is 6.71 Å². The molecule has 0 saturated heterocycles. The van der Waals surface area contributed by atoms with Crippen molar-refractivity contribution in [3.8, 4) is 34.4 Å². The number of hydrogen-bond donors (Lipinski definition) is 0. The molecular weight excluding hydrogens is 387 g/mol. The Morgan fingerprint density at radius 1 is 0.613 bits per heavy atom. The topological polar surface area (TPSA) is 54.1 Å². The second-order valence-corrected chi connectivity index (χ2v) is 7.65. The van der Waals surface area contributed by atoms with Crippen LogP contribution in [-0.4, -0.2) is 26.3 Å². The van der Waals surface area contributed by atoms with Crippen LogP contribution in [0.3, 0.4) is 0 Å². The maximum Gasteiger partial charge on any atom is 0.260 e. The van der Waals surface area contributed by atoms with E-state index in [-0.39, 0.29) is 6.71 Å². The Labute approximate surface area is 178 Å². The molecule has 4 heterocycles. The quantitative estimate of drug-likeness (QED) is 0.418. The van der Waals surface area contributed by atoms with Crippen molar-refractivity contribution in [2.24, 2.45) is 0 Å². The summed E-state index contributed by atoms with van der Waals surface area (Å²) in [5.41, 5.74) is 5.22. The Hall–Kier alpha value is -4.26. The van der Waals surface area contributed by atoms with Gasteiger partial charge in [-0.3, -0.25) is 0 Å². The monoisotopic (exact) mass is 402 g/mol. The molecule has 0 aliphatic carbocycles. The van der Waals surface area contributed by atoms with E-state index in [2.05, 4.69) is 22.3 Å². The molecule has 0 amide bonds. The molecule has 0 fully saturated rings. The van der Waals surface area contributed by atoms with Gasteiger partial charge in [0.1, 0.15) is 23.0 Å². The number of fused-ring (bicyclic) bond motifs is 4. The van der Waals surface area contributed by atoms with Gasteiger partial charge in [0.2, 0.25) is 0 Å². The van der Waals surface area contributed by atoms with Crippen molar-refractivity contribution in [2.75, 3.05) is 0 Å². The van der Waals surface area contributed by atoms with Crippen molar-refractivity contribution >= 4 is 23.1 Å². The molecule has 7 heteroatoms. The number of nitrogens with zero attached hydrogens (tertiary/aromatic N) is 4. The molecule has 0 unspecified atom stereocenters. The zero-order valence-electron chi connectivity index (χ0n) is 16.3. The lowest BCUT2D eigenvalue weighted by Gasteiger charge is -2.33. The SMILES string of the molecule is c1cc2c3c(c1)Oc1ccc(-n4cccn4)cc1B3c1cc(-n3cccn3)ccc1O2. The van der Waals surface area contributed by atoms with E-state index in [0.29, 0.717) is 0 Å². The van der Waals surface area contributed by atoms with Crippen molar-refractivity contribution in [3.05, 3.63) is 91.5 Å². The molecule has 6 nitrogen and oxygen atoms in total. The van der Waals surface area contributed by atoms with Gasteiger partial charge in [-0.15, -0.1) is 0 Å². The molecule has 0 radical (unpaired) electrons. The summed E-state index contributed by atoms with van der Waals surface area (Å²) in [5.74, 6) is 3.36. The van der Waals surface area contributed by atoms with Crippen molar-refractivity contribution in [3.63, 3.8) is 0 Å². The Morgan fingerprint density at radius 3 is 1.65 bits per heavy atom. The number of rotatable bonds is 2. The molecule has 2 aliphatic heterocycles. The van der Waals surface area contributed by atoms with Gasteiger partial charge in [0.05, 0.1) is 11.4 Å². The van der Waals surface area contributed by atoms with Gasteiger partial charge in [0, 0.05) is 30.3 Å². The molecule has 0 atom stereocenters. The molecule has 146 valence electrons. The maximum absolute atomic E-state index is 6.29. The first kappa shape index (κ1) is 16.5. The summed E-state index contributed by atoms with van der Waals surface area (Å²) < 4.78 is 16.3. The molecule has 31 heavy (non-hydrogen) atoms. The van der Waals surface area contributed by atoms with Gasteiger partial charge < -0.3 is 9.47 Å². The summed E-state index contributed by atoms with van der Waals surface area (Å²) in [6, 6.07) is 22.2. The highest BCUT2D eigenvalue weighted by Gasteiger charge is 2.40. The lowest BCUT2D eigenvalue weighted by molar-refractivity contribution is 0.464. The minimum atomic E-state index is -0.00951. The van der Waals surface area contributed by atoms with Crippen LogP contribution in [0.4, 0.5) is 0 Å². The predicted octanol–water partition coefficient (Wildman–Crippen LogP) is 2.79. The van der Waals surface area contributed by atoms with Crippen LogP contribution in [0.2, 0.25) is 0 Å². The molecule has 2 aliphatic rings. The number of benzene rings is 3. The van der Waals surface area contributed by atoms with Crippen LogP contribution in [0.1, 0.15) is 0 Å². The van der Waals surface area contributed by atoms with Gasteiger partial charge in [0.15, 0.2) is 0 Å². The molecule has 0 spiro atoms. The molecule has 3 aromatic carbocycles. The van der Waals surface area contributed by atoms with Crippen molar-refractivity contribution in [1.29, 1.82) is 0 Å². The summed E-state index contributed by atoms with van der Waals surface area (Å²) >= 11 is 0.